The summed E-state index contributed by atoms with van der Waals surface area (Å²) in [4.78, 5) is 16.0. The normalized spacial score (nSPS) is 19.9. The van der Waals surface area contributed by atoms with Crippen molar-refractivity contribution in [2.45, 2.75) is 19.8 Å². The van der Waals surface area contributed by atoms with E-state index in [1.54, 1.807) is 11.3 Å². The van der Waals surface area contributed by atoms with Gasteiger partial charge in [-0.3, -0.25) is 4.79 Å². The fourth-order valence-corrected chi connectivity index (χ4v) is 2.47. The molecule has 0 aliphatic carbocycles. The van der Waals surface area contributed by atoms with Crippen molar-refractivity contribution in [3.8, 4) is 0 Å². The highest BCUT2D eigenvalue weighted by Crippen LogP contribution is 2.12. The zero-order valence-corrected chi connectivity index (χ0v) is 10.2. The SMILES string of the molecule is Cc1csc(CCNC(=O)[C@H]2CCOC2)n1. The van der Waals surface area contributed by atoms with Gasteiger partial charge in [0.2, 0.25) is 5.91 Å². The molecular formula is C11H16N2O2S. The molecule has 1 aliphatic rings. The Kier molecular flexibility index (Phi) is 3.90. The fourth-order valence-electron chi connectivity index (χ4n) is 1.70. The van der Waals surface area contributed by atoms with Crippen LogP contribution < -0.4 is 5.32 Å². The number of nitrogens with one attached hydrogen (secondary N) is 1. The number of hydrogen-bond donors (Lipinski definition) is 1. The number of rotatable bonds is 4. The first-order valence-corrected chi connectivity index (χ1v) is 6.40. The number of carbonyl (C=O) groups excluding carboxylic acids is 1. The lowest BCUT2D eigenvalue weighted by atomic mass is 10.1. The highest BCUT2D eigenvalue weighted by molar-refractivity contribution is 7.09. The van der Waals surface area contributed by atoms with Crippen LogP contribution in [0.5, 0.6) is 0 Å². The van der Waals surface area contributed by atoms with Gasteiger partial charge in [0.15, 0.2) is 0 Å². The Morgan fingerprint density at radius 1 is 1.75 bits per heavy atom. The maximum absolute atomic E-state index is 11.6. The van der Waals surface area contributed by atoms with E-state index >= 15 is 0 Å². The van der Waals surface area contributed by atoms with Gasteiger partial charge in [-0.15, -0.1) is 11.3 Å². The predicted octanol–water partition coefficient (Wildman–Crippen LogP) is 1.15. The van der Waals surface area contributed by atoms with E-state index < -0.39 is 0 Å². The Morgan fingerprint density at radius 2 is 2.62 bits per heavy atom. The minimum Gasteiger partial charge on any atom is -0.381 e. The Labute approximate surface area is 99.0 Å². The molecule has 2 rings (SSSR count). The van der Waals surface area contributed by atoms with Gasteiger partial charge in [0.05, 0.1) is 17.5 Å². The van der Waals surface area contributed by atoms with Gasteiger partial charge in [-0.25, -0.2) is 4.98 Å². The maximum Gasteiger partial charge on any atom is 0.225 e. The molecule has 1 aromatic heterocycles. The molecule has 1 amide bonds. The van der Waals surface area contributed by atoms with Gasteiger partial charge in [0, 0.05) is 30.6 Å². The average Bonchev–Trinajstić information content (AvgIpc) is 2.89. The highest BCUT2D eigenvalue weighted by Gasteiger charge is 2.22. The van der Waals surface area contributed by atoms with Gasteiger partial charge in [0.25, 0.3) is 0 Å². The van der Waals surface area contributed by atoms with E-state index in [0.29, 0.717) is 19.8 Å². The van der Waals surface area contributed by atoms with Crippen LogP contribution in [0, 0.1) is 12.8 Å². The van der Waals surface area contributed by atoms with Crippen molar-refractivity contribution in [1.29, 1.82) is 0 Å². The molecule has 0 spiro atoms. The summed E-state index contributed by atoms with van der Waals surface area (Å²) in [6, 6.07) is 0. The van der Waals surface area contributed by atoms with Crippen LogP contribution in [0.4, 0.5) is 0 Å². The number of thiazole rings is 1. The Hall–Kier alpha value is -0.940. The molecule has 1 atom stereocenters. The quantitative estimate of drug-likeness (QED) is 0.859. The van der Waals surface area contributed by atoms with Crippen molar-refractivity contribution in [3.05, 3.63) is 16.1 Å². The van der Waals surface area contributed by atoms with Crippen LogP contribution in [0.25, 0.3) is 0 Å². The largest absolute Gasteiger partial charge is 0.381 e. The standard InChI is InChI=1S/C11H16N2O2S/c1-8-7-16-10(13-8)2-4-12-11(14)9-3-5-15-6-9/h7,9H,2-6H2,1H3,(H,12,14)/t9-/m0/s1. The number of nitrogens with zero attached hydrogens (tertiary/aromatic N) is 1. The summed E-state index contributed by atoms with van der Waals surface area (Å²) in [5, 5.41) is 6.04. The van der Waals surface area contributed by atoms with Gasteiger partial charge in [-0.05, 0) is 13.3 Å². The number of aryl methyl sites for hydroxylation is 1. The van der Waals surface area contributed by atoms with Crippen molar-refractivity contribution >= 4 is 17.2 Å². The molecule has 0 bridgehead atoms. The number of amides is 1. The third-order valence-electron chi connectivity index (χ3n) is 2.61. The molecule has 4 nitrogen and oxygen atoms in total. The van der Waals surface area contributed by atoms with Crippen molar-refractivity contribution in [3.63, 3.8) is 0 Å². The van der Waals surface area contributed by atoms with Gasteiger partial charge in [-0.2, -0.15) is 0 Å². The van der Waals surface area contributed by atoms with Crippen molar-refractivity contribution in [1.82, 2.24) is 10.3 Å². The Balaban J connectivity index is 1.69. The first-order chi connectivity index (χ1) is 7.75. The zero-order valence-electron chi connectivity index (χ0n) is 9.36. The lowest BCUT2D eigenvalue weighted by Gasteiger charge is -2.07. The molecule has 1 fully saturated rings. The molecule has 1 N–H and O–H groups in total. The predicted molar refractivity (Wildman–Crippen MR) is 62.5 cm³/mol. The third kappa shape index (κ3) is 3.02. The van der Waals surface area contributed by atoms with Crippen molar-refractivity contribution in [2.24, 2.45) is 5.92 Å². The summed E-state index contributed by atoms with van der Waals surface area (Å²) in [5.41, 5.74) is 1.05. The number of aromatic nitrogens is 1. The van der Waals surface area contributed by atoms with E-state index in [9.17, 15) is 4.79 Å². The second-order valence-corrected chi connectivity index (χ2v) is 4.93. The van der Waals surface area contributed by atoms with Crippen LogP contribution in [0.1, 0.15) is 17.1 Å². The lowest BCUT2D eigenvalue weighted by molar-refractivity contribution is -0.124. The second kappa shape index (κ2) is 5.41. The van der Waals surface area contributed by atoms with Gasteiger partial charge >= 0.3 is 0 Å². The number of hydrogen-bond acceptors (Lipinski definition) is 4. The molecule has 5 heteroatoms. The summed E-state index contributed by atoms with van der Waals surface area (Å²) < 4.78 is 5.18. The summed E-state index contributed by atoms with van der Waals surface area (Å²) >= 11 is 1.65. The monoisotopic (exact) mass is 240 g/mol. The van der Waals surface area contributed by atoms with E-state index in [-0.39, 0.29) is 11.8 Å². The molecule has 1 aromatic rings. The minimum absolute atomic E-state index is 0.0537. The van der Waals surface area contributed by atoms with E-state index in [1.807, 2.05) is 12.3 Å². The average molecular weight is 240 g/mol. The zero-order chi connectivity index (χ0) is 11.4. The Bertz CT molecular complexity index is 359. The Morgan fingerprint density at radius 3 is 3.25 bits per heavy atom. The second-order valence-electron chi connectivity index (χ2n) is 3.98. The minimum atomic E-state index is 0.0537. The summed E-state index contributed by atoms with van der Waals surface area (Å²) in [5.74, 6) is 0.170. The van der Waals surface area contributed by atoms with Gasteiger partial charge in [0.1, 0.15) is 0 Å². The van der Waals surface area contributed by atoms with Crippen LogP contribution in [-0.4, -0.2) is 30.6 Å². The lowest BCUT2D eigenvalue weighted by Crippen LogP contribution is -2.32. The van der Waals surface area contributed by atoms with Crippen LogP contribution in [-0.2, 0) is 16.0 Å². The highest BCUT2D eigenvalue weighted by atomic mass is 32.1. The van der Waals surface area contributed by atoms with Crippen molar-refractivity contribution in [2.75, 3.05) is 19.8 Å². The van der Waals surface area contributed by atoms with Crippen LogP contribution >= 0.6 is 11.3 Å². The van der Waals surface area contributed by atoms with E-state index in [4.69, 9.17) is 4.74 Å². The van der Waals surface area contributed by atoms with E-state index in [0.717, 1.165) is 23.5 Å². The first-order valence-electron chi connectivity index (χ1n) is 5.52. The number of ether oxygens (including phenoxy) is 1. The molecule has 88 valence electrons. The van der Waals surface area contributed by atoms with Crippen LogP contribution in [0.3, 0.4) is 0 Å². The number of carbonyl (C=O) groups is 1. The molecule has 0 radical (unpaired) electrons. The third-order valence-corrected chi connectivity index (χ3v) is 3.63. The van der Waals surface area contributed by atoms with Gasteiger partial charge < -0.3 is 10.1 Å². The summed E-state index contributed by atoms with van der Waals surface area (Å²) in [7, 11) is 0. The molecule has 0 unspecified atom stereocenters. The molecule has 1 saturated heterocycles. The summed E-state index contributed by atoms with van der Waals surface area (Å²) in [6.45, 7) is 3.93. The van der Waals surface area contributed by atoms with Gasteiger partial charge in [-0.1, -0.05) is 0 Å². The molecule has 16 heavy (non-hydrogen) atoms. The molecular weight excluding hydrogens is 224 g/mol. The topological polar surface area (TPSA) is 51.2 Å². The van der Waals surface area contributed by atoms with Crippen molar-refractivity contribution < 1.29 is 9.53 Å². The smallest absolute Gasteiger partial charge is 0.225 e. The molecule has 0 saturated carbocycles. The van der Waals surface area contributed by atoms with Crippen LogP contribution in [0.2, 0.25) is 0 Å². The first kappa shape index (κ1) is 11.5. The maximum atomic E-state index is 11.6. The van der Waals surface area contributed by atoms with E-state index in [2.05, 4.69) is 10.3 Å². The molecule has 0 aromatic carbocycles. The molecule has 2 heterocycles. The van der Waals surface area contributed by atoms with Crippen LogP contribution in [0.15, 0.2) is 5.38 Å². The van der Waals surface area contributed by atoms with E-state index in [1.165, 1.54) is 0 Å². The molecule has 1 aliphatic heterocycles. The summed E-state index contributed by atoms with van der Waals surface area (Å²) in [6.07, 6.45) is 1.67. The fraction of sp³-hybridized carbons (Fsp3) is 0.636.